The molecule has 31 heavy (non-hydrogen) atoms. The number of nitrogens with one attached hydrogen (secondary N) is 1. The minimum atomic E-state index is -0.715. The molecule has 1 saturated heterocycles. The maximum atomic E-state index is 11.9. The van der Waals surface area contributed by atoms with Crippen LogP contribution in [-0.2, 0) is 4.74 Å². The number of ether oxygens (including phenoxy) is 1. The van der Waals surface area contributed by atoms with E-state index in [-0.39, 0.29) is 18.1 Å². The normalized spacial score (nSPS) is 20.9. The van der Waals surface area contributed by atoms with Crippen molar-refractivity contribution in [2.45, 2.75) is 82.3 Å². The Morgan fingerprint density at radius 2 is 1.94 bits per heavy atom. The van der Waals surface area contributed by atoms with Crippen LogP contribution in [0.2, 0.25) is 10.0 Å². The van der Waals surface area contributed by atoms with Gasteiger partial charge in [-0.1, -0.05) is 61.9 Å². The number of carbonyl (C=O) groups excluding carboxylic acids is 1. The number of carbonyl (C=O) groups is 1. The molecule has 174 valence electrons. The molecule has 3 rings (SSSR count). The van der Waals surface area contributed by atoms with Gasteiger partial charge >= 0.3 is 6.09 Å². The second-order valence-electron chi connectivity index (χ2n) is 9.10. The Hall–Kier alpha value is -1.01. The van der Waals surface area contributed by atoms with Crippen molar-refractivity contribution >= 4 is 29.3 Å². The van der Waals surface area contributed by atoms with Crippen LogP contribution in [0.3, 0.4) is 0 Å². The molecule has 1 saturated carbocycles. The molecule has 1 aliphatic heterocycles. The quantitative estimate of drug-likeness (QED) is 0.473. The Morgan fingerprint density at radius 1 is 1.23 bits per heavy atom. The van der Waals surface area contributed by atoms with E-state index in [4.69, 9.17) is 27.9 Å². The fraction of sp³-hybridized carbons (Fsp3) is 0.708. The average molecular weight is 471 g/mol. The van der Waals surface area contributed by atoms with Gasteiger partial charge in [-0.05, 0) is 49.8 Å². The topological polar surface area (TPSA) is 61.8 Å². The van der Waals surface area contributed by atoms with E-state index in [1.54, 1.807) is 0 Å². The fourth-order valence-corrected chi connectivity index (χ4v) is 5.17. The van der Waals surface area contributed by atoms with Gasteiger partial charge in [0, 0.05) is 31.6 Å². The first kappa shape index (κ1) is 24.6. The smallest absolute Gasteiger partial charge is 0.407 e. The lowest BCUT2D eigenvalue weighted by Crippen LogP contribution is -2.49. The molecule has 2 N–H and O–H groups in total. The third-order valence-electron chi connectivity index (χ3n) is 6.80. The number of benzene rings is 1. The number of piperidine rings is 1. The highest BCUT2D eigenvalue weighted by Crippen LogP contribution is 2.42. The first-order valence-corrected chi connectivity index (χ1v) is 12.5. The molecule has 0 spiro atoms. The summed E-state index contributed by atoms with van der Waals surface area (Å²) in [5.74, 6) is -0.00825. The van der Waals surface area contributed by atoms with Gasteiger partial charge in [-0.15, -0.1) is 0 Å². The van der Waals surface area contributed by atoms with Crippen molar-refractivity contribution in [3.05, 3.63) is 33.8 Å². The SMILES string of the molecule is CCCCOC(=O)NC1CCN(CC(c2ccc(Cl)c(Cl)c2)C2(O)CCCCC2)CC1. The molecule has 0 aromatic heterocycles. The highest BCUT2D eigenvalue weighted by atomic mass is 35.5. The zero-order chi connectivity index (χ0) is 22.3. The minimum Gasteiger partial charge on any atom is -0.450 e. The van der Waals surface area contributed by atoms with Gasteiger partial charge in [0.15, 0.2) is 0 Å². The van der Waals surface area contributed by atoms with E-state index in [1.165, 1.54) is 6.42 Å². The molecule has 1 heterocycles. The van der Waals surface area contributed by atoms with Gasteiger partial charge in [0.1, 0.15) is 0 Å². The Balaban J connectivity index is 1.60. The third kappa shape index (κ3) is 6.98. The molecule has 0 bridgehead atoms. The lowest BCUT2D eigenvalue weighted by molar-refractivity contribution is -0.0326. The summed E-state index contributed by atoms with van der Waals surface area (Å²) in [6, 6.07) is 5.90. The van der Waals surface area contributed by atoms with Crippen LogP contribution in [-0.4, -0.2) is 54.0 Å². The number of hydrogen-bond donors (Lipinski definition) is 2. The van der Waals surface area contributed by atoms with Gasteiger partial charge in [-0.25, -0.2) is 4.79 Å². The lowest BCUT2D eigenvalue weighted by Gasteiger charge is -2.43. The van der Waals surface area contributed by atoms with Gasteiger partial charge in [0.2, 0.25) is 0 Å². The molecule has 2 aliphatic rings. The van der Waals surface area contributed by atoms with Crippen LogP contribution in [0.1, 0.15) is 76.2 Å². The van der Waals surface area contributed by atoms with Crippen molar-refractivity contribution in [2.24, 2.45) is 0 Å². The molecule has 0 radical (unpaired) electrons. The second kappa shape index (κ2) is 11.7. The minimum absolute atomic E-state index is 0.00825. The fourth-order valence-electron chi connectivity index (χ4n) is 4.86. The van der Waals surface area contributed by atoms with Crippen molar-refractivity contribution in [2.75, 3.05) is 26.2 Å². The van der Waals surface area contributed by atoms with E-state index in [0.29, 0.717) is 16.7 Å². The first-order chi connectivity index (χ1) is 14.9. The summed E-state index contributed by atoms with van der Waals surface area (Å²) < 4.78 is 5.23. The van der Waals surface area contributed by atoms with Gasteiger partial charge in [0.25, 0.3) is 0 Å². The number of hydrogen-bond acceptors (Lipinski definition) is 4. The van der Waals surface area contributed by atoms with E-state index in [0.717, 1.165) is 76.6 Å². The van der Waals surface area contributed by atoms with E-state index in [2.05, 4.69) is 17.1 Å². The molecule has 1 unspecified atom stereocenters. The Labute approximate surface area is 196 Å². The number of nitrogens with zero attached hydrogens (tertiary/aromatic N) is 1. The van der Waals surface area contributed by atoms with Crippen molar-refractivity contribution in [1.82, 2.24) is 10.2 Å². The number of unbranched alkanes of at least 4 members (excludes halogenated alkanes) is 1. The molecule has 5 nitrogen and oxygen atoms in total. The maximum absolute atomic E-state index is 11.9. The number of halogens is 2. The standard InChI is InChI=1S/C24H36Cl2N2O3/c1-2-3-15-31-23(29)27-19-9-13-28(14-10-19)17-20(24(30)11-5-4-6-12-24)18-7-8-21(25)22(26)16-18/h7-8,16,19-20,30H,2-6,9-15,17H2,1H3,(H,27,29). The summed E-state index contributed by atoms with van der Waals surface area (Å²) >= 11 is 12.5. The number of likely N-dealkylation sites (tertiary alicyclic amines) is 1. The van der Waals surface area contributed by atoms with Crippen LogP contribution in [0.4, 0.5) is 4.79 Å². The lowest BCUT2D eigenvalue weighted by atomic mass is 9.72. The predicted molar refractivity (Wildman–Crippen MR) is 126 cm³/mol. The largest absolute Gasteiger partial charge is 0.450 e. The molecule has 1 aromatic rings. The number of alkyl carbamates (subject to hydrolysis) is 1. The van der Waals surface area contributed by atoms with Crippen LogP contribution in [0.25, 0.3) is 0 Å². The highest BCUT2D eigenvalue weighted by molar-refractivity contribution is 6.42. The highest BCUT2D eigenvalue weighted by Gasteiger charge is 2.40. The molecule has 1 atom stereocenters. The van der Waals surface area contributed by atoms with Crippen LogP contribution >= 0.6 is 23.2 Å². The molecule has 1 amide bonds. The second-order valence-corrected chi connectivity index (χ2v) is 9.91. The predicted octanol–water partition coefficient (Wildman–Crippen LogP) is 5.76. The maximum Gasteiger partial charge on any atom is 0.407 e. The Bertz CT molecular complexity index is 717. The monoisotopic (exact) mass is 470 g/mol. The summed E-state index contributed by atoms with van der Waals surface area (Å²) in [5, 5.41) is 15.6. The zero-order valence-corrected chi connectivity index (χ0v) is 20.1. The molecule has 1 aromatic carbocycles. The van der Waals surface area contributed by atoms with Gasteiger partial charge < -0.3 is 20.1 Å². The summed E-state index contributed by atoms with van der Waals surface area (Å²) in [6.45, 7) is 5.10. The summed E-state index contributed by atoms with van der Waals surface area (Å²) in [4.78, 5) is 14.3. The first-order valence-electron chi connectivity index (χ1n) is 11.7. The van der Waals surface area contributed by atoms with Crippen LogP contribution < -0.4 is 5.32 Å². The van der Waals surface area contributed by atoms with Gasteiger partial charge in [0.05, 0.1) is 22.3 Å². The van der Waals surface area contributed by atoms with Crippen LogP contribution in [0.15, 0.2) is 18.2 Å². The molecule has 2 fully saturated rings. The van der Waals surface area contributed by atoms with E-state index < -0.39 is 5.60 Å². The van der Waals surface area contributed by atoms with Crippen molar-refractivity contribution in [1.29, 1.82) is 0 Å². The summed E-state index contributed by atoms with van der Waals surface area (Å²) in [5.41, 5.74) is 0.340. The molecule has 1 aliphatic carbocycles. The number of amides is 1. The van der Waals surface area contributed by atoms with E-state index >= 15 is 0 Å². The van der Waals surface area contributed by atoms with Crippen molar-refractivity contribution in [3.63, 3.8) is 0 Å². The van der Waals surface area contributed by atoms with Crippen molar-refractivity contribution in [3.8, 4) is 0 Å². The summed E-state index contributed by atoms with van der Waals surface area (Å²) in [7, 11) is 0. The van der Waals surface area contributed by atoms with Crippen LogP contribution in [0, 0.1) is 0 Å². The average Bonchev–Trinajstić information content (AvgIpc) is 2.76. The zero-order valence-electron chi connectivity index (χ0n) is 18.5. The van der Waals surface area contributed by atoms with E-state index in [1.807, 2.05) is 18.2 Å². The van der Waals surface area contributed by atoms with Crippen LogP contribution in [0.5, 0.6) is 0 Å². The molecular formula is C24H36Cl2N2O3. The molecular weight excluding hydrogens is 435 g/mol. The third-order valence-corrected chi connectivity index (χ3v) is 7.53. The number of rotatable bonds is 8. The summed E-state index contributed by atoms with van der Waals surface area (Å²) in [6.07, 6.45) is 8.30. The molecule has 7 heteroatoms. The van der Waals surface area contributed by atoms with Crippen molar-refractivity contribution < 1.29 is 14.6 Å². The van der Waals surface area contributed by atoms with E-state index in [9.17, 15) is 9.90 Å². The Kier molecular flexibility index (Phi) is 9.32. The number of aliphatic hydroxyl groups is 1. The van der Waals surface area contributed by atoms with Gasteiger partial charge in [-0.3, -0.25) is 0 Å². The Morgan fingerprint density at radius 3 is 2.58 bits per heavy atom. The van der Waals surface area contributed by atoms with Gasteiger partial charge in [-0.2, -0.15) is 0 Å².